The molecule has 4 heterocycles. The maximum atomic E-state index is 11.9. The van der Waals surface area contributed by atoms with Crippen molar-refractivity contribution in [2.45, 2.75) is 26.3 Å². The van der Waals surface area contributed by atoms with Crippen LogP contribution < -0.4 is 5.32 Å². The van der Waals surface area contributed by atoms with Crippen LogP contribution in [0.15, 0.2) is 45.9 Å². The number of hydrogen-bond acceptors (Lipinski definition) is 7. The number of carboxylic acid groups (broad SMARTS) is 1. The number of allylic oxidation sites excluding steroid dienone is 1. The van der Waals surface area contributed by atoms with Crippen LogP contribution in [0.3, 0.4) is 0 Å². The second kappa shape index (κ2) is 8.55. The quantitative estimate of drug-likeness (QED) is 0.491. The van der Waals surface area contributed by atoms with Gasteiger partial charge in [-0.25, -0.2) is 14.8 Å². The molecule has 0 saturated carbocycles. The molecule has 2 aliphatic rings. The third-order valence-corrected chi connectivity index (χ3v) is 5.98. The van der Waals surface area contributed by atoms with Crippen molar-refractivity contribution >= 4 is 41.2 Å². The molecule has 8 nitrogen and oxygen atoms in total. The number of nitrogens with one attached hydrogen (secondary N) is 1. The molecule has 2 aromatic heterocycles. The van der Waals surface area contributed by atoms with E-state index >= 15 is 0 Å². The average molecular weight is 444 g/mol. The SMILES string of the molecule is Cc1cc(CN2CCCC2)ccc1Nc1oc(C=C2C=Nc3ncccc32)c(O)c1C(=O)O. The number of furan rings is 1. The Bertz CT molecular complexity index is 1290. The lowest BCUT2D eigenvalue weighted by molar-refractivity contribution is 0.0695. The summed E-state index contributed by atoms with van der Waals surface area (Å²) in [5.74, 6) is -1.14. The van der Waals surface area contributed by atoms with E-state index in [0.29, 0.717) is 17.1 Å². The Morgan fingerprint density at radius 2 is 2.09 bits per heavy atom. The third kappa shape index (κ3) is 4.12. The largest absolute Gasteiger partial charge is 0.504 e. The molecule has 0 atom stereocenters. The minimum absolute atomic E-state index is 0.0245. The zero-order chi connectivity index (χ0) is 22.9. The van der Waals surface area contributed by atoms with Crippen LogP contribution in [0.25, 0.3) is 11.6 Å². The summed E-state index contributed by atoms with van der Waals surface area (Å²) < 4.78 is 5.77. The first-order valence-electron chi connectivity index (χ1n) is 10.9. The summed E-state index contributed by atoms with van der Waals surface area (Å²) in [4.78, 5) is 22.7. The van der Waals surface area contributed by atoms with E-state index in [1.54, 1.807) is 24.6 Å². The van der Waals surface area contributed by atoms with Crippen molar-refractivity contribution in [1.29, 1.82) is 0 Å². The van der Waals surface area contributed by atoms with Crippen LogP contribution in [0.5, 0.6) is 5.75 Å². The minimum Gasteiger partial charge on any atom is -0.504 e. The van der Waals surface area contributed by atoms with Gasteiger partial charge in [-0.2, -0.15) is 0 Å². The third-order valence-electron chi connectivity index (χ3n) is 5.98. The monoisotopic (exact) mass is 444 g/mol. The van der Waals surface area contributed by atoms with E-state index in [-0.39, 0.29) is 17.2 Å². The molecule has 3 aromatic rings. The predicted molar refractivity (Wildman–Crippen MR) is 127 cm³/mol. The first-order valence-corrected chi connectivity index (χ1v) is 10.9. The van der Waals surface area contributed by atoms with Crippen molar-refractivity contribution in [2.24, 2.45) is 4.99 Å². The fourth-order valence-corrected chi connectivity index (χ4v) is 4.29. The molecule has 1 aromatic carbocycles. The van der Waals surface area contributed by atoms with Crippen molar-refractivity contribution in [1.82, 2.24) is 9.88 Å². The van der Waals surface area contributed by atoms with Gasteiger partial charge < -0.3 is 19.9 Å². The smallest absolute Gasteiger partial charge is 0.345 e. The van der Waals surface area contributed by atoms with Gasteiger partial charge in [0.15, 0.2) is 22.9 Å². The number of aliphatic imine (C=N–C) groups is 1. The number of likely N-dealkylation sites (tertiary alicyclic amines) is 1. The maximum Gasteiger partial charge on any atom is 0.345 e. The number of carbonyl (C=O) groups is 1. The highest BCUT2D eigenvalue weighted by Crippen LogP contribution is 2.39. The lowest BCUT2D eigenvalue weighted by atomic mass is 10.1. The summed E-state index contributed by atoms with van der Waals surface area (Å²) in [5, 5.41) is 23.4. The van der Waals surface area contributed by atoms with Crippen LogP contribution >= 0.6 is 0 Å². The van der Waals surface area contributed by atoms with Gasteiger partial charge in [-0.05, 0) is 68.3 Å². The Hall–Kier alpha value is -3.91. The van der Waals surface area contributed by atoms with E-state index in [2.05, 4.69) is 26.3 Å². The van der Waals surface area contributed by atoms with Crippen LogP contribution in [0.1, 0.15) is 45.7 Å². The van der Waals surface area contributed by atoms with Crippen LogP contribution in [-0.4, -0.2) is 45.4 Å². The first-order chi connectivity index (χ1) is 16.0. The van der Waals surface area contributed by atoms with Crippen molar-refractivity contribution in [2.75, 3.05) is 18.4 Å². The van der Waals surface area contributed by atoms with Gasteiger partial charge in [-0.15, -0.1) is 0 Å². The van der Waals surface area contributed by atoms with Crippen LogP contribution in [-0.2, 0) is 6.54 Å². The zero-order valence-corrected chi connectivity index (χ0v) is 18.2. The molecular weight excluding hydrogens is 420 g/mol. The van der Waals surface area contributed by atoms with Crippen LogP contribution in [0.2, 0.25) is 0 Å². The first kappa shape index (κ1) is 21.0. The molecule has 1 saturated heterocycles. The molecule has 0 spiro atoms. The number of aryl methyl sites for hydroxylation is 1. The number of benzene rings is 1. The number of aromatic hydroxyl groups is 1. The van der Waals surface area contributed by atoms with E-state index in [1.807, 2.05) is 25.1 Å². The second-order valence-electron chi connectivity index (χ2n) is 8.31. The van der Waals surface area contributed by atoms with Crippen LogP contribution in [0, 0.1) is 6.92 Å². The number of aromatic carboxylic acids is 1. The van der Waals surface area contributed by atoms with Crippen molar-refractivity contribution in [3.63, 3.8) is 0 Å². The molecule has 0 amide bonds. The van der Waals surface area contributed by atoms with E-state index in [9.17, 15) is 15.0 Å². The average Bonchev–Trinajstić information content (AvgIpc) is 3.51. The molecule has 0 bridgehead atoms. The number of fused-ring (bicyclic) bond motifs is 1. The standard InChI is InChI=1S/C25H24N4O4/c1-15-11-16(14-29-9-2-3-10-29)6-7-19(15)28-24-21(25(31)32)22(30)20(33-24)12-17-13-27-23-18(17)5-4-8-26-23/h4-8,11-13,28,30H,2-3,9-10,14H2,1H3,(H,31,32). The minimum atomic E-state index is -1.28. The van der Waals surface area contributed by atoms with Crippen molar-refractivity contribution in [3.05, 3.63) is 64.5 Å². The van der Waals surface area contributed by atoms with Gasteiger partial charge in [0.05, 0.1) is 0 Å². The number of rotatable bonds is 6. The number of nitrogens with zero attached hydrogens (tertiary/aromatic N) is 3. The van der Waals surface area contributed by atoms with Crippen molar-refractivity contribution < 1.29 is 19.4 Å². The predicted octanol–water partition coefficient (Wildman–Crippen LogP) is 4.98. The second-order valence-corrected chi connectivity index (χ2v) is 8.31. The fraction of sp³-hybridized carbons (Fsp3) is 0.240. The summed E-state index contributed by atoms with van der Waals surface area (Å²) in [7, 11) is 0. The van der Waals surface area contributed by atoms with E-state index in [1.165, 1.54) is 18.4 Å². The van der Waals surface area contributed by atoms with Gasteiger partial charge in [-0.1, -0.05) is 12.1 Å². The molecule has 3 N–H and O–H groups in total. The van der Waals surface area contributed by atoms with Gasteiger partial charge in [0, 0.05) is 35.8 Å². The lowest BCUT2D eigenvalue weighted by Crippen LogP contribution is -2.18. The number of carboxylic acids is 1. The highest BCUT2D eigenvalue weighted by molar-refractivity contribution is 6.21. The highest BCUT2D eigenvalue weighted by atomic mass is 16.4. The van der Waals surface area contributed by atoms with Gasteiger partial charge >= 0.3 is 5.97 Å². The Kier molecular flexibility index (Phi) is 5.43. The van der Waals surface area contributed by atoms with E-state index in [0.717, 1.165) is 30.8 Å². The molecule has 33 heavy (non-hydrogen) atoms. The van der Waals surface area contributed by atoms with E-state index in [4.69, 9.17) is 4.42 Å². The zero-order valence-electron chi connectivity index (χ0n) is 18.2. The Balaban J connectivity index is 1.44. The Labute approximate surface area is 190 Å². The topological polar surface area (TPSA) is 111 Å². The lowest BCUT2D eigenvalue weighted by Gasteiger charge is -2.16. The van der Waals surface area contributed by atoms with Gasteiger partial charge in [-0.3, -0.25) is 4.90 Å². The number of hydrogen-bond donors (Lipinski definition) is 3. The summed E-state index contributed by atoms with van der Waals surface area (Å²) >= 11 is 0. The Morgan fingerprint density at radius 3 is 2.85 bits per heavy atom. The molecule has 5 rings (SSSR count). The maximum absolute atomic E-state index is 11.9. The van der Waals surface area contributed by atoms with Gasteiger partial charge in [0.25, 0.3) is 0 Å². The number of anilines is 2. The molecule has 0 radical (unpaired) electrons. The van der Waals surface area contributed by atoms with Gasteiger partial charge in [0.1, 0.15) is 0 Å². The molecule has 0 aliphatic carbocycles. The van der Waals surface area contributed by atoms with E-state index < -0.39 is 11.7 Å². The normalized spacial score (nSPS) is 16.5. The summed E-state index contributed by atoms with van der Waals surface area (Å²) in [5.41, 5.74) is 4.02. The summed E-state index contributed by atoms with van der Waals surface area (Å²) in [6.45, 7) is 5.10. The molecular formula is C25H24N4O4. The molecule has 168 valence electrons. The summed E-state index contributed by atoms with van der Waals surface area (Å²) in [6, 6.07) is 9.67. The molecule has 1 fully saturated rings. The van der Waals surface area contributed by atoms with Crippen LogP contribution in [0.4, 0.5) is 17.4 Å². The highest BCUT2D eigenvalue weighted by Gasteiger charge is 2.26. The molecule has 8 heteroatoms. The number of aromatic nitrogens is 1. The fourth-order valence-electron chi connectivity index (χ4n) is 4.29. The Morgan fingerprint density at radius 1 is 1.27 bits per heavy atom. The van der Waals surface area contributed by atoms with Crippen molar-refractivity contribution in [3.8, 4) is 5.75 Å². The molecule has 2 aliphatic heterocycles. The van der Waals surface area contributed by atoms with Gasteiger partial charge in [0.2, 0.25) is 5.88 Å². The molecule has 0 unspecified atom stereocenters. The number of pyridine rings is 1. The summed E-state index contributed by atoms with van der Waals surface area (Å²) in [6.07, 6.45) is 7.30.